The van der Waals surface area contributed by atoms with Crippen molar-refractivity contribution in [1.82, 2.24) is 0 Å². The minimum absolute atomic E-state index is 0.760. The Morgan fingerprint density at radius 3 is 3.00 bits per heavy atom. The van der Waals surface area contributed by atoms with Gasteiger partial charge in [-0.2, -0.15) is 0 Å². The van der Waals surface area contributed by atoms with E-state index in [9.17, 15) is 0 Å². The molecule has 0 spiro atoms. The average Bonchev–Trinajstić information content (AvgIpc) is 2.62. The summed E-state index contributed by atoms with van der Waals surface area (Å²) in [5.41, 5.74) is 0. The lowest BCUT2D eigenvalue weighted by molar-refractivity contribution is 0.486. The molecule has 3 rings (SSSR count). The quantitative estimate of drug-likeness (QED) is 0.513. The molecule has 62 valence electrons. The Labute approximate surface area is 72.9 Å². The number of rotatable bonds is 0. The van der Waals surface area contributed by atoms with E-state index in [-0.39, 0.29) is 0 Å². The van der Waals surface area contributed by atoms with Gasteiger partial charge < -0.3 is 0 Å². The van der Waals surface area contributed by atoms with E-state index in [2.05, 4.69) is 35.5 Å². The summed E-state index contributed by atoms with van der Waals surface area (Å²) in [4.78, 5) is 4.38. The number of allylic oxidation sites excluding steroid dienone is 4. The molecule has 1 saturated carbocycles. The normalized spacial score (nSPS) is 48.0. The van der Waals surface area contributed by atoms with Crippen molar-refractivity contribution in [2.75, 3.05) is 6.54 Å². The molecule has 0 bridgehead atoms. The van der Waals surface area contributed by atoms with Crippen molar-refractivity contribution in [3.05, 3.63) is 24.3 Å². The topological polar surface area (TPSA) is 12.4 Å². The van der Waals surface area contributed by atoms with Gasteiger partial charge in [-0.15, -0.1) is 0 Å². The van der Waals surface area contributed by atoms with E-state index in [0.717, 1.165) is 30.2 Å². The summed E-state index contributed by atoms with van der Waals surface area (Å²) in [6, 6.07) is 0. The molecule has 0 aromatic rings. The molecule has 0 amide bonds. The van der Waals surface area contributed by atoms with Crippen LogP contribution in [0.1, 0.15) is 6.42 Å². The van der Waals surface area contributed by atoms with E-state index < -0.39 is 0 Å². The highest BCUT2D eigenvalue weighted by Gasteiger charge is 2.42. The summed E-state index contributed by atoms with van der Waals surface area (Å²) in [6.07, 6.45) is 12.7. The Morgan fingerprint density at radius 1 is 1.08 bits per heavy atom. The molecule has 0 radical (unpaired) electrons. The Balaban J connectivity index is 1.94. The van der Waals surface area contributed by atoms with E-state index in [1.807, 2.05) is 0 Å². The highest BCUT2D eigenvalue weighted by molar-refractivity contribution is 5.65. The van der Waals surface area contributed by atoms with Gasteiger partial charge in [0, 0.05) is 18.7 Å². The Bertz CT molecular complexity index is 275. The Hall–Kier alpha value is -0.850. The molecule has 3 aliphatic rings. The van der Waals surface area contributed by atoms with Gasteiger partial charge in [-0.1, -0.05) is 24.3 Å². The smallest absolute Gasteiger partial charge is 0.0420 e. The first-order valence-electron chi connectivity index (χ1n) is 4.80. The van der Waals surface area contributed by atoms with E-state index in [1.165, 1.54) is 6.42 Å². The molecule has 1 fully saturated rings. The predicted octanol–water partition coefficient (Wildman–Crippen LogP) is 2.07. The first kappa shape index (κ1) is 6.64. The van der Waals surface area contributed by atoms with Crippen LogP contribution in [0.2, 0.25) is 0 Å². The standard InChI is InChI=1S/C11H13N/c1-2-4-10-8(3-1)5-9-6-12-7-11(9)10/h1-4,7-11H,5-6H2. The summed E-state index contributed by atoms with van der Waals surface area (Å²) in [6.45, 7) is 1.08. The average molecular weight is 159 g/mol. The minimum Gasteiger partial charge on any atom is -0.297 e. The molecule has 0 aromatic carbocycles. The second-order valence-corrected chi connectivity index (χ2v) is 4.10. The van der Waals surface area contributed by atoms with Gasteiger partial charge in [-0.3, -0.25) is 4.99 Å². The number of hydrogen-bond acceptors (Lipinski definition) is 1. The molecule has 1 heterocycles. The number of hydrogen-bond donors (Lipinski definition) is 0. The Morgan fingerprint density at radius 2 is 2.00 bits per heavy atom. The fourth-order valence-corrected chi connectivity index (χ4v) is 2.88. The largest absolute Gasteiger partial charge is 0.297 e. The molecule has 1 aliphatic heterocycles. The maximum Gasteiger partial charge on any atom is 0.0420 e. The molecule has 12 heavy (non-hydrogen) atoms. The number of aliphatic imine (C=N–C) groups is 1. The van der Waals surface area contributed by atoms with Gasteiger partial charge in [0.15, 0.2) is 0 Å². The van der Waals surface area contributed by atoms with Crippen LogP contribution in [0.3, 0.4) is 0 Å². The van der Waals surface area contributed by atoms with E-state index >= 15 is 0 Å². The SMILES string of the molecule is C1=CC2CC3CN=CC3C2C=C1. The van der Waals surface area contributed by atoms with Gasteiger partial charge in [0.1, 0.15) is 0 Å². The lowest BCUT2D eigenvalue weighted by Gasteiger charge is -2.18. The zero-order valence-electron chi connectivity index (χ0n) is 7.06. The molecule has 0 aromatic heterocycles. The van der Waals surface area contributed by atoms with Crippen molar-refractivity contribution in [3.8, 4) is 0 Å². The van der Waals surface area contributed by atoms with Crippen molar-refractivity contribution in [3.63, 3.8) is 0 Å². The van der Waals surface area contributed by atoms with Gasteiger partial charge in [0.05, 0.1) is 0 Å². The second kappa shape index (κ2) is 2.32. The summed E-state index contributed by atoms with van der Waals surface area (Å²) < 4.78 is 0. The first-order valence-corrected chi connectivity index (χ1v) is 4.80. The molecule has 1 heteroatoms. The van der Waals surface area contributed by atoms with Gasteiger partial charge in [0.2, 0.25) is 0 Å². The third-order valence-corrected chi connectivity index (χ3v) is 3.48. The lowest BCUT2D eigenvalue weighted by Crippen LogP contribution is -2.14. The van der Waals surface area contributed by atoms with E-state index in [1.54, 1.807) is 0 Å². The first-order chi connectivity index (χ1) is 5.95. The molecular formula is C11H13N. The van der Waals surface area contributed by atoms with E-state index in [0.29, 0.717) is 0 Å². The zero-order valence-corrected chi connectivity index (χ0v) is 7.06. The van der Waals surface area contributed by atoms with Gasteiger partial charge in [-0.05, 0) is 24.2 Å². The maximum atomic E-state index is 4.38. The van der Waals surface area contributed by atoms with Crippen LogP contribution in [0, 0.1) is 23.7 Å². The highest BCUT2D eigenvalue weighted by Crippen LogP contribution is 2.45. The molecule has 4 unspecified atom stereocenters. The van der Waals surface area contributed by atoms with Crippen molar-refractivity contribution in [2.24, 2.45) is 28.7 Å². The van der Waals surface area contributed by atoms with Crippen molar-refractivity contribution in [2.45, 2.75) is 6.42 Å². The molecule has 0 N–H and O–H groups in total. The summed E-state index contributed by atoms with van der Waals surface area (Å²) in [5.74, 6) is 3.20. The molecule has 2 aliphatic carbocycles. The predicted molar refractivity (Wildman–Crippen MR) is 50.2 cm³/mol. The summed E-state index contributed by atoms with van der Waals surface area (Å²) >= 11 is 0. The molecule has 1 nitrogen and oxygen atoms in total. The van der Waals surface area contributed by atoms with Crippen LogP contribution in [-0.4, -0.2) is 12.8 Å². The monoisotopic (exact) mass is 159 g/mol. The third-order valence-electron chi connectivity index (χ3n) is 3.48. The van der Waals surface area contributed by atoms with Gasteiger partial charge in [-0.25, -0.2) is 0 Å². The van der Waals surface area contributed by atoms with Crippen LogP contribution in [0.4, 0.5) is 0 Å². The Kier molecular flexibility index (Phi) is 1.28. The second-order valence-electron chi connectivity index (χ2n) is 4.10. The van der Waals surface area contributed by atoms with Crippen LogP contribution in [0.25, 0.3) is 0 Å². The number of nitrogens with zero attached hydrogens (tertiary/aromatic N) is 1. The van der Waals surface area contributed by atoms with Crippen molar-refractivity contribution in [1.29, 1.82) is 0 Å². The van der Waals surface area contributed by atoms with E-state index in [4.69, 9.17) is 0 Å². The highest BCUT2D eigenvalue weighted by atomic mass is 14.8. The van der Waals surface area contributed by atoms with Crippen LogP contribution in [0.5, 0.6) is 0 Å². The number of fused-ring (bicyclic) bond motifs is 3. The summed E-state index contributed by atoms with van der Waals surface area (Å²) in [7, 11) is 0. The van der Waals surface area contributed by atoms with Crippen LogP contribution >= 0.6 is 0 Å². The molecule has 0 saturated heterocycles. The maximum absolute atomic E-state index is 4.38. The van der Waals surface area contributed by atoms with Crippen molar-refractivity contribution < 1.29 is 0 Å². The fraction of sp³-hybridized carbons (Fsp3) is 0.545. The lowest BCUT2D eigenvalue weighted by atomic mass is 9.86. The van der Waals surface area contributed by atoms with Crippen molar-refractivity contribution >= 4 is 6.21 Å². The van der Waals surface area contributed by atoms with Gasteiger partial charge in [0.25, 0.3) is 0 Å². The third kappa shape index (κ3) is 0.767. The molecule has 4 atom stereocenters. The minimum atomic E-state index is 0.760. The van der Waals surface area contributed by atoms with Crippen LogP contribution in [0.15, 0.2) is 29.3 Å². The molecular weight excluding hydrogens is 146 g/mol. The zero-order chi connectivity index (χ0) is 7.97. The van der Waals surface area contributed by atoms with Crippen LogP contribution in [-0.2, 0) is 0 Å². The summed E-state index contributed by atoms with van der Waals surface area (Å²) in [5, 5.41) is 0. The van der Waals surface area contributed by atoms with Crippen LogP contribution < -0.4 is 0 Å². The fourth-order valence-electron chi connectivity index (χ4n) is 2.88. The van der Waals surface area contributed by atoms with Gasteiger partial charge >= 0.3 is 0 Å².